The third-order valence-electron chi connectivity index (χ3n) is 4.29. The van der Waals surface area contributed by atoms with Gasteiger partial charge in [-0.3, -0.25) is 0 Å². The molecule has 0 aliphatic carbocycles. The molecule has 1 heterocycles. The zero-order valence-corrected chi connectivity index (χ0v) is 15.0. The maximum atomic E-state index is 6.28. The molecular formula is C20H23N5. The molecule has 128 valence electrons. The highest BCUT2D eigenvalue weighted by atomic mass is 15.1. The molecule has 5 nitrogen and oxygen atoms in total. The Balaban J connectivity index is 1.87. The zero-order chi connectivity index (χ0) is 18.0. The van der Waals surface area contributed by atoms with Crippen LogP contribution >= 0.6 is 0 Å². The van der Waals surface area contributed by atoms with E-state index in [0.29, 0.717) is 17.3 Å². The molecule has 4 N–H and O–H groups in total. The van der Waals surface area contributed by atoms with Crippen molar-refractivity contribution >= 4 is 28.7 Å². The van der Waals surface area contributed by atoms with E-state index in [4.69, 9.17) is 5.73 Å². The van der Waals surface area contributed by atoms with Crippen LogP contribution in [0.2, 0.25) is 0 Å². The number of aromatic nitrogens is 2. The first-order valence-corrected chi connectivity index (χ1v) is 8.23. The number of nitrogens with two attached hydrogens (primary N) is 1. The number of benzene rings is 2. The number of aryl methyl sites for hydroxylation is 4. The van der Waals surface area contributed by atoms with Crippen LogP contribution in [-0.2, 0) is 0 Å². The Kier molecular flexibility index (Phi) is 4.57. The standard InChI is InChI=1S/C20H23N5/c1-12-5-8-17(15(4)9-12)25-20-18(21)19(22-11-23-20)24-16-7-6-13(2)14(3)10-16/h5-11H,21H2,1-4H3,(H2,22,23,24,25). The largest absolute Gasteiger partial charge is 0.393 e. The second kappa shape index (κ2) is 6.81. The maximum absolute atomic E-state index is 6.28. The minimum absolute atomic E-state index is 0.487. The van der Waals surface area contributed by atoms with Crippen molar-refractivity contribution in [3.8, 4) is 0 Å². The second-order valence-electron chi connectivity index (χ2n) is 6.35. The van der Waals surface area contributed by atoms with Crippen molar-refractivity contribution < 1.29 is 0 Å². The smallest absolute Gasteiger partial charge is 0.159 e. The lowest BCUT2D eigenvalue weighted by molar-refractivity contribution is 1.17. The molecule has 0 radical (unpaired) electrons. The molecule has 0 atom stereocenters. The van der Waals surface area contributed by atoms with Crippen LogP contribution in [0.15, 0.2) is 42.7 Å². The van der Waals surface area contributed by atoms with Crippen LogP contribution in [0.1, 0.15) is 22.3 Å². The first kappa shape index (κ1) is 16.8. The summed E-state index contributed by atoms with van der Waals surface area (Å²) in [6.45, 7) is 8.30. The normalized spacial score (nSPS) is 10.6. The number of nitrogens with one attached hydrogen (secondary N) is 2. The molecule has 0 saturated carbocycles. The van der Waals surface area contributed by atoms with E-state index in [1.165, 1.54) is 23.0 Å². The molecule has 3 rings (SSSR count). The number of nitrogens with zero attached hydrogens (tertiary/aromatic N) is 2. The van der Waals surface area contributed by atoms with Gasteiger partial charge in [-0.05, 0) is 62.6 Å². The lowest BCUT2D eigenvalue weighted by Gasteiger charge is -2.14. The Morgan fingerprint density at radius 3 is 2.16 bits per heavy atom. The van der Waals surface area contributed by atoms with Gasteiger partial charge >= 0.3 is 0 Å². The Labute approximate surface area is 148 Å². The summed E-state index contributed by atoms with van der Waals surface area (Å²) in [6.07, 6.45) is 1.51. The zero-order valence-electron chi connectivity index (χ0n) is 15.0. The molecule has 2 aromatic carbocycles. The highest BCUT2D eigenvalue weighted by Crippen LogP contribution is 2.29. The van der Waals surface area contributed by atoms with E-state index in [1.807, 2.05) is 12.1 Å². The SMILES string of the molecule is Cc1ccc(Nc2ncnc(Nc3ccc(C)c(C)c3)c2N)c(C)c1. The molecule has 5 heteroatoms. The number of rotatable bonds is 4. The van der Waals surface area contributed by atoms with Gasteiger partial charge in [-0.15, -0.1) is 0 Å². The summed E-state index contributed by atoms with van der Waals surface area (Å²) in [5.74, 6) is 1.18. The van der Waals surface area contributed by atoms with Gasteiger partial charge in [0, 0.05) is 11.4 Å². The van der Waals surface area contributed by atoms with E-state index in [9.17, 15) is 0 Å². The Hall–Kier alpha value is -3.08. The Bertz CT molecular complexity index is 918. The van der Waals surface area contributed by atoms with E-state index in [2.05, 4.69) is 72.6 Å². The molecule has 0 unspecified atom stereocenters. The van der Waals surface area contributed by atoms with Crippen molar-refractivity contribution in [3.05, 3.63) is 65.0 Å². The molecule has 0 spiro atoms. The quantitative estimate of drug-likeness (QED) is 0.640. The first-order valence-electron chi connectivity index (χ1n) is 8.23. The summed E-state index contributed by atoms with van der Waals surface area (Å²) in [7, 11) is 0. The van der Waals surface area contributed by atoms with E-state index in [0.717, 1.165) is 16.9 Å². The van der Waals surface area contributed by atoms with Crippen LogP contribution in [0.5, 0.6) is 0 Å². The van der Waals surface area contributed by atoms with Gasteiger partial charge in [-0.25, -0.2) is 9.97 Å². The van der Waals surface area contributed by atoms with Gasteiger partial charge in [0.2, 0.25) is 0 Å². The summed E-state index contributed by atoms with van der Waals surface area (Å²) in [5.41, 5.74) is 13.5. The molecule has 0 amide bonds. The van der Waals surface area contributed by atoms with Crippen molar-refractivity contribution in [1.29, 1.82) is 0 Å². The number of hydrogen-bond acceptors (Lipinski definition) is 5. The molecule has 25 heavy (non-hydrogen) atoms. The van der Waals surface area contributed by atoms with Crippen LogP contribution in [0.25, 0.3) is 0 Å². The Morgan fingerprint density at radius 2 is 1.48 bits per heavy atom. The van der Waals surface area contributed by atoms with Gasteiger partial charge in [-0.2, -0.15) is 0 Å². The highest BCUT2D eigenvalue weighted by Gasteiger charge is 2.10. The average Bonchev–Trinajstić information content (AvgIpc) is 2.57. The van der Waals surface area contributed by atoms with Crippen LogP contribution < -0.4 is 16.4 Å². The lowest BCUT2D eigenvalue weighted by atomic mass is 10.1. The predicted molar refractivity (Wildman–Crippen MR) is 105 cm³/mol. The summed E-state index contributed by atoms with van der Waals surface area (Å²) >= 11 is 0. The van der Waals surface area contributed by atoms with E-state index in [-0.39, 0.29) is 0 Å². The lowest BCUT2D eigenvalue weighted by Crippen LogP contribution is -2.06. The summed E-state index contributed by atoms with van der Waals surface area (Å²) in [4.78, 5) is 8.56. The van der Waals surface area contributed by atoms with Crippen molar-refractivity contribution in [1.82, 2.24) is 9.97 Å². The molecule has 0 fully saturated rings. The number of anilines is 5. The van der Waals surface area contributed by atoms with Gasteiger partial charge in [-0.1, -0.05) is 23.8 Å². The fourth-order valence-electron chi connectivity index (χ4n) is 2.63. The second-order valence-corrected chi connectivity index (χ2v) is 6.35. The van der Waals surface area contributed by atoms with E-state index in [1.54, 1.807) is 0 Å². The van der Waals surface area contributed by atoms with Crippen molar-refractivity contribution in [3.63, 3.8) is 0 Å². The fraction of sp³-hybridized carbons (Fsp3) is 0.200. The van der Waals surface area contributed by atoms with Gasteiger partial charge in [0.25, 0.3) is 0 Å². The van der Waals surface area contributed by atoms with Crippen molar-refractivity contribution in [2.45, 2.75) is 27.7 Å². The minimum Gasteiger partial charge on any atom is -0.393 e. The van der Waals surface area contributed by atoms with Crippen molar-refractivity contribution in [2.24, 2.45) is 0 Å². The molecular weight excluding hydrogens is 310 g/mol. The van der Waals surface area contributed by atoms with Gasteiger partial charge in [0.15, 0.2) is 11.6 Å². The van der Waals surface area contributed by atoms with Crippen LogP contribution in [-0.4, -0.2) is 9.97 Å². The summed E-state index contributed by atoms with van der Waals surface area (Å²) in [5, 5.41) is 6.57. The van der Waals surface area contributed by atoms with E-state index < -0.39 is 0 Å². The van der Waals surface area contributed by atoms with Crippen LogP contribution in [0.3, 0.4) is 0 Å². The molecule has 0 bridgehead atoms. The highest BCUT2D eigenvalue weighted by molar-refractivity contribution is 5.80. The minimum atomic E-state index is 0.487. The fourth-order valence-corrected chi connectivity index (χ4v) is 2.63. The van der Waals surface area contributed by atoms with E-state index >= 15 is 0 Å². The molecule has 0 saturated heterocycles. The van der Waals surface area contributed by atoms with Gasteiger partial charge in [0.05, 0.1) is 0 Å². The first-order chi connectivity index (χ1) is 11.9. The molecule has 1 aromatic heterocycles. The third-order valence-corrected chi connectivity index (χ3v) is 4.29. The van der Waals surface area contributed by atoms with Crippen molar-refractivity contribution in [2.75, 3.05) is 16.4 Å². The number of hydrogen-bond donors (Lipinski definition) is 3. The predicted octanol–water partition coefficient (Wildman–Crippen LogP) is 4.78. The topological polar surface area (TPSA) is 75.9 Å². The van der Waals surface area contributed by atoms with Crippen LogP contribution in [0, 0.1) is 27.7 Å². The summed E-state index contributed by atoms with van der Waals surface area (Å²) < 4.78 is 0. The molecule has 0 aliphatic heterocycles. The molecule has 0 aliphatic rings. The van der Waals surface area contributed by atoms with Gasteiger partial charge < -0.3 is 16.4 Å². The monoisotopic (exact) mass is 333 g/mol. The Morgan fingerprint density at radius 1 is 0.760 bits per heavy atom. The average molecular weight is 333 g/mol. The molecule has 3 aromatic rings. The third kappa shape index (κ3) is 3.71. The van der Waals surface area contributed by atoms with Crippen LogP contribution in [0.4, 0.5) is 28.7 Å². The number of nitrogen functional groups attached to an aromatic ring is 1. The van der Waals surface area contributed by atoms with Gasteiger partial charge in [0.1, 0.15) is 12.0 Å². The maximum Gasteiger partial charge on any atom is 0.159 e. The summed E-state index contributed by atoms with van der Waals surface area (Å²) in [6, 6.07) is 12.4.